The van der Waals surface area contributed by atoms with Gasteiger partial charge >= 0.3 is 136 Å². The molecule has 0 atom stereocenters. The molecule has 0 unspecified atom stereocenters. The first-order chi connectivity index (χ1) is 10.3. The summed E-state index contributed by atoms with van der Waals surface area (Å²) in [5.74, 6) is 3.44. The van der Waals surface area contributed by atoms with Crippen molar-refractivity contribution in [1.82, 2.24) is 4.98 Å². The molecule has 0 fully saturated rings. The standard InChI is InChI=1S/C7H4N.3C4H9.Sn/c1-2-7-5-3-4-6-8-7;3*1-3-4-2;/h3-6H;3*1,3-4H2,2H3;. The number of unbranched alkanes of at least 4 members (excludes halogenated alkanes) is 3. The van der Waals surface area contributed by atoms with Crippen molar-refractivity contribution < 1.29 is 0 Å². The Morgan fingerprint density at radius 3 is 1.90 bits per heavy atom. The Labute approximate surface area is 135 Å². The molecular weight excluding hydrogens is 361 g/mol. The molecule has 0 radical (unpaired) electrons. The molecule has 116 valence electrons. The third-order valence-electron chi connectivity index (χ3n) is 4.15. The van der Waals surface area contributed by atoms with Gasteiger partial charge in [-0.3, -0.25) is 0 Å². The van der Waals surface area contributed by atoms with E-state index < -0.39 is 18.4 Å². The Morgan fingerprint density at radius 2 is 1.48 bits per heavy atom. The summed E-state index contributed by atoms with van der Waals surface area (Å²) in [7, 11) is 0. The number of pyridine rings is 1. The Morgan fingerprint density at radius 1 is 0.905 bits per heavy atom. The summed E-state index contributed by atoms with van der Waals surface area (Å²) >= 11 is -2.29. The van der Waals surface area contributed by atoms with Gasteiger partial charge in [0, 0.05) is 0 Å². The molecule has 21 heavy (non-hydrogen) atoms. The summed E-state index contributed by atoms with van der Waals surface area (Å²) in [4.78, 5) is 4.38. The molecule has 1 heterocycles. The van der Waals surface area contributed by atoms with Crippen LogP contribution in [0.3, 0.4) is 0 Å². The summed E-state index contributed by atoms with van der Waals surface area (Å²) in [6.45, 7) is 6.92. The Kier molecular flexibility index (Phi) is 9.83. The van der Waals surface area contributed by atoms with Crippen molar-refractivity contribution in [2.24, 2.45) is 0 Å². The van der Waals surface area contributed by atoms with E-state index in [1.165, 1.54) is 51.8 Å². The van der Waals surface area contributed by atoms with E-state index >= 15 is 0 Å². The molecular formula is C19H31NSn. The average Bonchev–Trinajstić information content (AvgIpc) is 2.54. The van der Waals surface area contributed by atoms with Crippen LogP contribution in [-0.4, -0.2) is 23.4 Å². The van der Waals surface area contributed by atoms with Crippen LogP contribution in [-0.2, 0) is 0 Å². The Hall–Kier alpha value is -0.491. The Balaban J connectivity index is 2.92. The molecule has 0 N–H and O–H groups in total. The fraction of sp³-hybridized carbons (Fsp3) is 0.632. The molecule has 0 aliphatic rings. The molecule has 0 bridgehead atoms. The molecule has 0 aromatic carbocycles. The van der Waals surface area contributed by atoms with Crippen LogP contribution < -0.4 is 0 Å². The molecule has 0 aliphatic carbocycles. The van der Waals surface area contributed by atoms with Crippen LogP contribution in [0.15, 0.2) is 24.4 Å². The van der Waals surface area contributed by atoms with E-state index in [1.807, 2.05) is 24.4 Å². The average molecular weight is 392 g/mol. The fourth-order valence-electron chi connectivity index (χ4n) is 2.74. The minimum atomic E-state index is -2.29. The number of rotatable bonds is 9. The molecule has 0 amide bonds. The van der Waals surface area contributed by atoms with Crippen molar-refractivity contribution in [1.29, 1.82) is 0 Å². The summed E-state index contributed by atoms with van der Waals surface area (Å²) in [5, 5.41) is 0. The van der Waals surface area contributed by atoms with Crippen LogP contribution >= 0.6 is 0 Å². The molecule has 1 rings (SSSR count). The van der Waals surface area contributed by atoms with E-state index in [0.717, 1.165) is 5.69 Å². The predicted molar refractivity (Wildman–Crippen MR) is 96.0 cm³/mol. The van der Waals surface area contributed by atoms with Crippen LogP contribution in [0.25, 0.3) is 0 Å². The predicted octanol–water partition coefficient (Wildman–Crippen LogP) is 5.82. The molecule has 1 aromatic heterocycles. The van der Waals surface area contributed by atoms with Gasteiger partial charge in [0.15, 0.2) is 0 Å². The van der Waals surface area contributed by atoms with Gasteiger partial charge < -0.3 is 0 Å². The van der Waals surface area contributed by atoms with Crippen LogP contribution in [0.1, 0.15) is 65.0 Å². The Bertz CT molecular complexity index is 408. The van der Waals surface area contributed by atoms with Crippen molar-refractivity contribution in [2.75, 3.05) is 0 Å². The van der Waals surface area contributed by atoms with Gasteiger partial charge in [-0.1, -0.05) is 0 Å². The zero-order chi connectivity index (χ0) is 15.4. The summed E-state index contributed by atoms with van der Waals surface area (Å²) in [6, 6.07) is 6.05. The quantitative estimate of drug-likeness (QED) is 0.381. The number of hydrogen-bond donors (Lipinski definition) is 0. The van der Waals surface area contributed by atoms with Crippen molar-refractivity contribution in [3.8, 4) is 9.86 Å². The van der Waals surface area contributed by atoms with Crippen LogP contribution in [0.5, 0.6) is 0 Å². The summed E-state index contributed by atoms with van der Waals surface area (Å²) in [6.07, 6.45) is 9.90. The van der Waals surface area contributed by atoms with Crippen molar-refractivity contribution in [3.63, 3.8) is 0 Å². The second kappa shape index (κ2) is 11.1. The first-order valence-corrected chi connectivity index (χ1v) is 16.2. The van der Waals surface area contributed by atoms with Gasteiger partial charge in [0.1, 0.15) is 0 Å². The summed E-state index contributed by atoms with van der Waals surface area (Å²) in [5.41, 5.74) is 0.961. The monoisotopic (exact) mass is 393 g/mol. The topological polar surface area (TPSA) is 12.9 Å². The fourth-order valence-corrected chi connectivity index (χ4v) is 15.9. The van der Waals surface area contributed by atoms with E-state index in [0.29, 0.717) is 0 Å². The SMILES string of the molecule is CCC[CH2][Sn]([C]#Cc1ccccn1)([CH2]CCC)[CH2]CCC. The summed E-state index contributed by atoms with van der Waals surface area (Å²) < 4.78 is 8.20. The van der Waals surface area contributed by atoms with Gasteiger partial charge in [0.2, 0.25) is 0 Å². The van der Waals surface area contributed by atoms with Crippen LogP contribution in [0.4, 0.5) is 0 Å². The van der Waals surface area contributed by atoms with E-state index in [9.17, 15) is 0 Å². The number of nitrogens with zero attached hydrogens (tertiary/aromatic N) is 1. The van der Waals surface area contributed by atoms with Gasteiger partial charge in [0.05, 0.1) is 0 Å². The zero-order valence-corrected chi connectivity index (χ0v) is 17.0. The van der Waals surface area contributed by atoms with E-state index in [2.05, 4.69) is 35.6 Å². The van der Waals surface area contributed by atoms with E-state index in [-0.39, 0.29) is 0 Å². The second-order valence-corrected chi connectivity index (χ2v) is 18.4. The molecule has 1 aromatic rings. The van der Waals surface area contributed by atoms with Gasteiger partial charge in [-0.15, -0.1) is 0 Å². The molecule has 0 saturated carbocycles. The van der Waals surface area contributed by atoms with Crippen molar-refractivity contribution in [3.05, 3.63) is 30.1 Å². The third kappa shape index (κ3) is 7.36. The first-order valence-electron chi connectivity index (χ1n) is 8.70. The second-order valence-electron chi connectivity index (χ2n) is 6.06. The van der Waals surface area contributed by atoms with Gasteiger partial charge in [-0.05, 0) is 0 Å². The molecule has 0 saturated heterocycles. The number of hydrogen-bond acceptors (Lipinski definition) is 1. The van der Waals surface area contributed by atoms with Crippen molar-refractivity contribution >= 4 is 18.4 Å². The minimum absolute atomic E-state index is 0.961. The molecule has 2 heteroatoms. The molecule has 0 aliphatic heterocycles. The van der Waals surface area contributed by atoms with Gasteiger partial charge in [0.25, 0.3) is 0 Å². The number of aromatic nitrogens is 1. The normalized spacial score (nSPS) is 11.0. The third-order valence-corrected chi connectivity index (χ3v) is 17.2. The first kappa shape index (κ1) is 18.6. The van der Waals surface area contributed by atoms with E-state index in [4.69, 9.17) is 0 Å². The molecule has 0 spiro atoms. The van der Waals surface area contributed by atoms with Gasteiger partial charge in [-0.25, -0.2) is 0 Å². The van der Waals surface area contributed by atoms with E-state index in [1.54, 1.807) is 0 Å². The van der Waals surface area contributed by atoms with Crippen LogP contribution in [0, 0.1) is 9.86 Å². The van der Waals surface area contributed by atoms with Gasteiger partial charge in [-0.2, -0.15) is 0 Å². The molecule has 1 nitrogen and oxygen atoms in total. The maximum atomic E-state index is 4.38. The zero-order valence-electron chi connectivity index (χ0n) is 14.1. The van der Waals surface area contributed by atoms with Crippen LogP contribution in [0.2, 0.25) is 13.3 Å². The van der Waals surface area contributed by atoms with Crippen molar-refractivity contribution in [2.45, 2.75) is 72.6 Å². The maximum absolute atomic E-state index is 4.38.